The van der Waals surface area contributed by atoms with Crippen LogP contribution in [0.5, 0.6) is 0 Å². The third kappa shape index (κ3) is 1.02. The second kappa shape index (κ2) is 3.39. The lowest BCUT2D eigenvalue weighted by molar-refractivity contribution is -0.146. The third-order valence-corrected chi connectivity index (χ3v) is 7.51. The van der Waals surface area contributed by atoms with Gasteiger partial charge >= 0.3 is 0 Å². The predicted molar refractivity (Wildman–Crippen MR) is 83.9 cm³/mol. The molecule has 3 aliphatic rings. The molecule has 0 aromatic heterocycles. The van der Waals surface area contributed by atoms with Gasteiger partial charge in [0.1, 0.15) is 0 Å². The average Bonchev–Trinajstić information content (AvgIpc) is 2.40. The van der Waals surface area contributed by atoms with E-state index < -0.39 is 5.60 Å². The summed E-state index contributed by atoms with van der Waals surface area (Å²) < 4.78 is 0. The Bertz CT molecular complexity index is 580. The van der Waals surface area contributed by atoms with Crippen molar-refractivity contribution in [2.24, 2.45) is 5.41 Å². The van der Waals surface area contributed by atoms with Crippen molar-refractivity contribution in [2.75, 3.05) is 0 Å². The number of fused-ring (bicyclic) bond motifs is 1. The Labute approximate surface area is 122 Å². The van der Waals surface area contributed by atoms with Gasteiger partial charge in [-0.05, 0) is 38.8 Å². The number of hydrogen-bond donors (Lipinski definition) is 1. The SMILES string of the molecule is CC1=C(C)[C@@]2(C)c3ccccc3[C@@]1(C)C(C)(C)[C@]2(C)O. The highest BCUT2D eigenvalue weighted by Gasteiger charge is 2.70. The minimum atomic E-state index is -0.771. The number of hydrogen-bond acceptors (Lipinski definition) is 1. The maximum atomic E-state index is 11.5. The molecule has 108 valence electrons. The molecule has 1 nitrogen and oxygen atoms in total. The molecule has 0 spiro atoms. The van der Waals surface area contributed by atoms with Crippen molar-refractivity contribution in [1.82, 2.24) is 0 Å². The molecule has 0 heterocycles. The van der Waals surface area contributed by atoms with Gasteiger partial charge in [-0.3, -0.25) is 0 Å². The number of aliphatic hydroxyl groups is 1. The van der Waals surface area contributed by atoms with E-state index in [0.29, 0.717) is 0 Å². The Morgan fingerprint density at radius 3 is 1.65 bits per heavy atom. The summed E-state index contributed by atoms with van der Waals surface area (Å²) in [6.45, 7) is 15.4. The molecule has 0 aliphatic heterocycles. The molecule has 20 heavy (non-hydrogen) atoms. The van der Waals surface area contributed by atoms with Crippen molar-refractivity contribution in [3.63, 3.8) is 0 Å². The summed E-state index contributed by atoms with van der Waals surface area (Å²) in [6, 6.07) is 8.68. The van der Waals surface area contributed by atoms with Gasteiger partial charge in [0.2, 0.25) is 0 Å². The monoisotopic (exact) mass is 270 g/mol. The van der Waals surface area contributed by atoms with Crippen molar-refractivity contribution in [3.05, 3.63) is 46.5 Å². The van der Waals surface area contributed by atoms with Gasteiger partial charge < -0.3 is 5.11 Å². The van der Waals surface area contributed by atoms with Crippen LogP contribution >= 0.6 is 0 Å². The van der Waals surface area contributed by atoms with E-state index >= 15 is 0 Å². The van der Waals surface area contributed by atoms with E-state index in [4.69, 9.17) is 0 Å². The molecule has 1 aromatic carbocycles. The van der Waals surface area contributed by atoms with E-state index in [1.54, 1.807) is 0 Å². The molecule has 3 atom stereocenters. The Kier molecular flexibility index (Phi) is 2.35. The van der Waals surface area contributed by atoms with Crippen molar-refractivity contribution in [3.8, 4) is 0 Å². The van der Waals surface area contributed by atoms with Gasteiger partial charge in [-0.25, -0.2) is 0 Å². The molecule has 0 saturated heterocycles. The van der Waals surface area contributed by atoms with Crippen LogP contribution in [0, 0.1) is 5.41 Å². The van der Waals surface area contributed by atoms with Crippen LogP contribution in [-0.4, -0.2) is 10.7 Å². The minimum Gasteiger partial charge on any atom is -0.388 e. The van der Waals surface area contributed by atoms with E-state index in [0.717, 1.165) is 0 Å². The van der Waals surface area contributed by atoms with Gasteiger partial charge in [0.25, 0.3) is 0 Å². The summed E-state index contributed by atoms with van der Waals surface area (Å²) in [4.78, 5) is 0. The second-order valence-electron chi connectivity index (χ2n) is 7.74. The molecule has 1 N–H and O–H groups in total. The van der Waals surface area contributed by atoms with Crippen molar-refractivity contribution >= 4 is 0 Å². The molecule has 0 amide bonds. The van der Waals surface area contributed by atoms with Crippen LogP contribution in [0.15, 0.2) is 35.4 Å². The molecule has 0 fully saturated rings. The molecule has 1 aromatic rings. The smallest absolute Gasteiger partial charge is 0.0812 e. The Hall–Kier alpha value is -1.08. The number of benzene rings is 1. The first-order chi connectivity index (χ1) is 9.04. The van der Waals surface area contributed by atoms with Crippen LogP contribution < -0.4 is 0 Å². The van der Waals surface area contributed by atoms with Crippen molar-refractivity contribution in [2.45, 2.75) is 64.9 Å². The maximum Gasteiger partial charge on any atom is 0.0812 e. The Balaban J connectivity index is 2.56. The molecule has 4 rings (SSSR count). The molecule has 2 bridgehead atoms. The van der Waals surface area contributed by atoms with Gasteiger partial charge in [-0.2, -0.15) is 0 Å². The highest BCUT2D eigenvalue weighted by Crippen LogP contribution is 2.69. The Morgan fingerprint density at radius 2 is 1.15 bits per heavy atom. The Morgan fingerprint density at radius 1 is 0.750 bits per heavy atom. The molecular weight excluding hydrogens is 244 g/mol. The zero-order chi connectivity index (χ0) is 15.1. The first-order valence-electron chi connectivity index (χ1n) is 7.55. The predicted octanol–water partition coefficient (Wildman–Crippen LogP) is 4.34. The molecule has 0 radical (unpaired) electrons. The van der Waals surface area contributed by atoms with Gasteiger partial charge in [0, 0.05) is 16.2 Å². The highest BCUT2D eigenvalue weighted by molar-refractivity contribution is 5.62. The largest absolute Gasteiger partial charge is 0.388 e. The quantitative estimate of drug-likeness (QED) is 0.695. The molecule has 0 saturated carbocycles. The topological polar surface area (TPSA) is 20.2 Å². The minimum absolute atomic E-state index is 0.116. The first-order valence-corrected chi connectivity index (χ1v) is 7.55. The maximum absolute atomic E-state index is 11.5. The average molecular weight is 270 g/mol. The molecule has 1 heteroatoms. The lowest BCUT2D eigenvalue weighted by Gasteiger charge is -2.69. The first kappa shape index (κ1) is 13.9. The summed E-state index contributed by atoms with van der Waals surface area (Å²) >= 11 is 0. The van der Waals surface area contributed by atoms with Crippen LogP contribution in [0.4, 0.5) is 0 Å². The number of rotatable bonds is 0. The van der Waals surface area contributed by atoms with Crippen LogP contribution in [0.2, 0.25) is 0 Å². The van der Waals surface area contributed by atoms with Gasteiger partial charge in [-0.15, -0.1) is 0 Å². The fraction of sp³-hybridized carbons (Fsp3) is 0.579. The fourth-order valence-corrected chi connectivity index (χ4v) is 5.05. The fourth-order valence-electron chi connectivity index (χ4n) is 5.05. The van der Waals surface area contributed by atoms with E-state index in [-0.39, 0.29) is 16.2 Å². The van der Waals surface area contributed by atoms with Crippen molar-refractivity contribution < 1.29 is 5.11 Å². The standard InChI is InChI=1S/C19H26O/c1-12-13(2)18(6)15-11-9-8-10-14(15)17(12,5)16(3,4)19(18,7)20/h8-11,20H,1-7H3/t17-,18-,19-/m0/s1. The normalized spacial score (nSPS) is 41.8. The summed E-state index contributed by atoms with van der Waals surface area (Å²) in [5.74, 6) is 0. The zero-order valence-corrected chi connectivity index (χ0v) is 13.8. The molecular formula is C19H26O. The highest BCUT2D eigenvalue weighted by atomic mass is 16.3. The van der Waals surface area contributed by atoms with Crippen LogP contribution in [-0.2, 0) is 10.8 Å². The summed E-state index contributed by atoms with van der Waals surface area (Å²) in [6.07, 6.45) is 0. The van der Waals surface area contributed by atoms with Crippen LogP contribution in [0.1, 0.15) is 59.6 Å². The van der Waals surface area contributed by atoms with Gasteiger partial charge in [0.05, 0.1) is 5.60 Å². The van der Waals surface area contributed by atoms with E-state index in [1.165, 1.54) is 22.3 Å². The third-order valence-electron chi connectivity index (χ3n) is 7.51. The van der Waals surface area contributed by atoms with E-state index in [1.807, 2.05) is 6.92 Å². The lowest BCUT2D eigenvalue weighted by Crippen LogP contribution is -2.71. The van der Waals surface area contributed by atoms with Crippen molar-refractivity contribution in [1.29, 1.82) is 0 Å². The van der Waals surface area contributed by atoms with Gasteiger partial charge in [-0.1, -0.05) is 56.2 Å². The molecule has 0 unspecified atom stereocenters. The van der Waals surface area contributed by atoms with E-state index in [2.05, 4.69) is 65.8 Å². The second-order valence-corrected chi connectivity index (χ2v) is 7.74. The van der Waals surface area contributed by atoms with Crippen LogP contribution in [0.25, 0.3) is 0 Å². The number of allylic oxidation sites excluding steroid dienone is 1. The summed E-state index contributed by atoms with van der Waals surface area (Å²) in [7, 11) is 0. The lowest BCUT2D eigenvalue weighted by atomic mass is 9.36. The zero-order valence-electron chi connectivity index (χ0n) is 13.8. The molecule has 3 aliphatic carbocycles. The van der Waals surface area contributed by atoms with E-state index in [9.17, 15) is 5.11 Å². The van der Waals surface area contributed by atoms with Crippen LogP contribution in [0.3, 0.4) is 0 Å². The summed E-state index contributed by atoms with van der Waals surface area (Å²) in [5, 5.41) is 11.5. The van der Waals surface area contributed by atoms with Gasteiger partial charge in [0.15, 0.2) is 0 Å². The summed E-state index contributed by atoms with van der Waals surface area (Å²) in [5.41, 5.74) is 4.04.